The van der Waals surface area contributed by atoms with Gasteiger partial charge in [-0.15, -0.1) is 23.1 Å². The monoisotopic (exact) mass is 400 g/mol. The lowest BCUT2D eigenvalue weighted by Gasteiger charge is -2.20. The van der Waals surface area contributed by atoms with Crippen LogP contribution in [0.2, 0.25) is 0 Å². The number of thiophene rings is 1. The minimum Gasteiger partial charge on any atom is -0.352 e. The number of fused-ring (bicyclic) bond motifs is 3. The molecule has 1 aliphatic heterocycles. The fourth-order valence-corrected chi connectivity index (χ4v) is 5.90. The van der Waals surface area contributed by atoms with Gasteiger partial charge in [-0.1, -0.05) is 11.8 Å². The van der Waals surface area contributed by atoms with Crippen LogP contribution in [0.1, 0.15) is 24.3 Å². The number of likely N-dealkylation sites (N-methyl/N-ethyl adjacent to an activating group) is 1. The van der Waals surface area contributed by atoms with Crippen molar-refractivity contribution in [3.8, 4) is 0 Å². The van der Waals surface area contributed by atoms with Gasteiger partial charge in [0.15, 0.2) is 11.4 Å². The number of hydrogen-bond donors (Lipinski definition) is 1. The molecule has 138 valence electrons. The fraction of sp³-hybridized carbons (Fsp3) is 0.647. The third-order valence-electron chi connectivity index (χ3n) is 4.19. The number of hydrogen-bond acceptors (Lipinski definition) is 7. The van der Waals surface area contributed by atoms with E-state index < -0.39 is 0 Å². The van der Waals surface area contributed by atoms with E-state index in [0.717, 1.165) is 33.7 Å². The molecule has 0 aliphatic carbocycles. The Balaban J connectivity index is 1.92. The molecule has 3 rings (SSSR count). The molecule has 0 aromatic carbocycles. The first-order valence-corrected chi connectivity index (χ1v) is 11.7. The molecule has 0 spiro atoms. The normalized spacial score (nSPS) is 17.4. The van der Waals surface area contributed by atoms with Crippen LogP contribution >= 0.6 is 34.9 Å². The van der Waals surface area contributed by atoms with Gasteiger partial charge >= 0.3 is 0 Å². The summed E-state index contributed by atoms with van der Waals surface area (Å²) in [5.41, 5.74) is 1.46. The Kier molecular flexibility index (Phi) is 6.99. The van der Waals surface area contributed by atoms with Crippen molar-refractivity contribution in [2.24, 2.45) is 0 Å². The molecule has 2 aromatic rings. The highest BCUT2D eigenvalue weighted by atomic mass is 32.2. The molecule has 1 aliphatic rings. The number of rotatable bonds is 8. The maximum absolute atomic E-state index is 5.69. The number of aromatic nitrogens is 2. The van der Waals surface area contributed by atoms with Gasteiger partial charge in [-0.05, 0) is 25.7 Å². The quantitative estimate of drug-likeness (QED) is 0.318. The highest BCUT2D eigenvalue weighted by Gasteiger charge is 2.25. The lowest BCUT2D eigenvalue weighted by Crippen LogP contribution is -3.08. The SMILES string of the molecule is CCOC(CSc1nc(SC)nc2sc3c(c12)CC[NH+](C)C3)OCC. The number of thioether (sulfide) groups is 2. The zero-order valence-electron chi connectivity index (χ0n) is 15.3. The molecule has 0 saturated heterocycles. The van der Waals surface area contributed by atoms with Crippen LogP contribution in [-0.2, 0) is 22.4 Å². The lowest BCUT2D eigenvalue weighted by molar-refractivity contribution is -0.895. The predicted octanol–water partition coefficient (Wildman–Crippen LogP) is 2.48. The summed E-state index contributed by atoms with van der Waals surface area (Å²) in [6.45, 7) is 7.58. The first-order valence-electron chi connectivity index (χ1n) is 8.69. The van der Waals surface area contributed by atoms with Gasteiger partial charge in [0.2, 0.25) is 0 Å². The smallest absolute Gasteiger partial charge is 0.189 e. The standard InChI is InChI=1S/C17H25N3O2S3/c1-5-21-13(22-6-2)10-24-15-14-11-7-8-20(3)9-12(11)25-16(14)19-17(18-15)23-4/h13H,5-10H2,1-4H3/p+1. The molecule has 2 aromatic heterocycles. The van der Waals surface area contributed by atoms with Crippen LogP contribution in [0.3, 0.4) is 0 Å². The summed E-state index contributed by atoms with van der Waals surface area (Å²) < 4.78 is 11.4. The molecule has 3 heterocycles. The van der Waals surface area contributed by atoms with Crippen molar-refractivity contribution in [1.82, 2.24) is 9.97 Å². The Hall–Kier alpha value is -0.380. The van der Waals surface area contributed by atoms with Crippen molar-refractivity contribution in [1.29, 1.82) is 0 Å². The van der Waals surface area contributed by atoms with E-state index >= 15 is 0 Å². The Bertz CT molecular complexity index is 717. The molecule has 1 atom stereocenters. The first-order chi connectivity index (χ1) is 12.2. The molecule has 8 heteroatoms. The summed E-state index contributed by atoms with van der Waals surface area (Å²) in [5, 5.41) is 3.19. The maximum atomic E-state index is 5.69. The molecule has 5 nitrogen and oxygen atoms in total. The van der Waals surface area contributed by atoms with E-state index in [4.69, 9.17) is 19.4 Å². The van der Waals surface area contributed by atoms with E-state index in [2.05, 4.69) is 7.05 Å². The Morgan fingerprint density at radius 1 is 1.24 bits per heavy atom. The van der Waals surface area contributed by atoms with Gasteiger partial charge in [0.25, 0.3) is 0 Å². The number of nitrogens with zero attached hydrogens (tertiary/aromatic N) is 2. The summed E-state index contributed by atoms with van der Waals surface area (Å²) in [5.74, 6) is 0.747. The van der Waals surface area contributed by atoms with Crippen LogP contribution in [0.4, 0.5) is 0 Å². The molecule has 25 heavy (non-hydrogen) atoms. The summed E-state index contributed by atoms with van der Waals surface area (Å²) >= 11 is 5.17. The van der Waals surface area contributed by atoms with Gasteiger partial charge in [0.1, 0.15) is 16.4 Å². The van der Waals surface area contributed by atoms with Gasteiger partial charge in [0, 0.05) is 25.0 Å². The predicted molar refractivity (Wildman–Crippen MR) is 106 cm³/mol. The molecule has 1 unspecified atom stereocenters. The summed E-state index contributed by atoms with van der Waals surface area (Å²) in [7, 11) is 2.26. The summed E-state index contributed by atoms with van der Waals surface area (Å²) in [6, 6.07) is 0. The van der Waals surface area contributed by atoms with Crippen LogP contribution < -0.4 is 4.90 Å². The first kappa shape index (κ1) is 19.4. The third-order valence-corrected chi connectivity index (χ3v) is 6.87. The van der Waals surface area contributed by atoms with E-state index in [0.29, 0.717) is 13.2 Å². The second-order valence-corrected chi connectivity index (χ2v) is 8.85. The van der Waals surface area contributed by atoms with Crippen molar-refractivity contribution >= 4 is 45.1 Å². The minimum atomic E-state index is -0.187. The highest BCUT2D eigenvalue weighted by Crippen LogP contribution is 2.38. The Morgan fingerprint density at radius 3 is 2.68 bits per heavy atom. The number of ether oxygens (including phenoxy) is 2. The fourth-order valence-electron chi connectivity index (χ4n) is 3.02. The second-order valence-electron chi connectivity index (χ2n) is 5.98. The number of quaternary nitrogens is 1. The molecular weight excluding hydrogens is 374 g/mol. The average molecular weight is 401 g/mol. The van der Waals surface area contributed by atoms with E-state index in [1.54, 1.807) is 28.4 Å². The van der Waals surface area contributed by atoms with Gasteiger partial charge in [-0.25, -0.2) is 9.97 Å². The molecule has 0 fully saturated rings. The van der Waals surface area contributed by atoms with E-state index in [-0.39, 0.29) is 6.29 Å². The van der Waals surface area contributed by atoms with Crippen molar-refractivity contribution in [3.05, 3.63) is 10.4 Å². The molecular formula is C17H26N3O2S3+. The van der Waals surface area contributed by atoms with Crippen LogP contribution in [-0.4, -0.2) is 55.1 Å². The van der Waals surface area contributed by atoms with E-state index in [1.165, 1.54) is 22.4 Å². The second kappa shape index (κ2) is 9.01. The van der Waals surface area contributed by atoms with Crippen molar-refractivity contribution in [3.63, 3.8) is 0 Å². The van der Waals surface area contributed by atoms with Crippen molar-refractivity contribution in [2.75, 3.05) is 38.8 Å². The van der Waals surface area contributed by atoms with Crippen LogP contribution in [0, 0.1) is 0 Å². The molecule has 0 radical (unpaired) electrons. The third kappa shape index (κ3) is 4.48. The van der Waals surface area contributed by atoms with Gasteiger partial charge in [0.05, 0.1) is 24.2 Å². The molecule has 0 saturated carbocycles. The van der Waals surface area contributed by atoms with E-state index in [1.807, 2.05) is 31.4 Å². The molecule has 1 N–H and O–H groups in total. The maximum Gasteiger partial charge on any atom is 0.189 e. The average Bonchev–Trinajstić information content (AvgIpc) is 2.96. The van der Waals surface area contributed by atoms with E-state index in [9.17, 15) is 0 Å². The van der Waals surface area contributed by atoms with Crippen LogP contribution in [0.5, 0.6) is 0 Å². The van der Waals surface area contributed by atoms with Gasteiger partial charge < -0.3 is 14.4 Å². The summed E-state index contributed by atoms with van der Waals surface area (Å²) in [6.07, 6.45) is 2.95. The zero-order chi connectivity index (χ0) is 17.8. The summed E-state index contributed by atoms with van der Waals surface area (Å²) in [4.78, 5) is 13.8. The minimum absolute atomic E-state index is 0.187. The molecule has 0 bridgehead atoms. The molecule has 0 amide bonds. The van der Waals surface area contributed by atoms with Crippen LogP contribution in [0.25, 0.3) is 10.2 Å². The van der Waals surface area contributed by atoms with Crippen molar-refractivity contribution in [2.45, 2.75) is 43.3 Å². The van der Waals surface area contributed by atoms with Crippen LogP contribution in [0.15, 0.2) is 10.2 Å². The topological polar surface area (TPSA) is 48.7 Å². The highest BCUT2D eigenvalue weighted by molar-refractivity contribution is 7.99. The number of nitrogens with one attached hydrogen (secondary N) is 1. The Labute approximate surface area is 161 Å². The van der Waals surface area contributed by atoms with Gasteiger partial charge in [-0.2, -0.15) is 0 Å². The zero-order valence-corrected chi connectivity index (χ0v) is 17.7. The Morgan fingerprint density at radius 2 is 2.00 bits per heavy atom. The largest absolute Gasteiger partial charge is 0.352 e. The van der Waals surface area contributed by atoms with Crippen molar-refractivity contribution < 1.29 is 14.4 Å². The lowest BCUT2D eigenvalue weighted by atomic mass is 10.1. The van der Waals surface area contributed by atoms with Gasteiger partial charge in [-0.3, -0.25) is 0 Å².